The number of nitrogens with two attached hydrogens (primary N) is 1. The molecule has 4 rings (SSSR count). The topological polar surface area (TPSA) is 182 Å². The Labute approximate surface area is 205 Å². The number of hydrogen-bond acceptors (Lipinski definition) is 9. The molecule has 3 heterocycles. The van der Waals surface area contributed by atoms with Crippen molar-refractivity contribution in [2.75, 3.05) is 17.7 Å². The van der Waals surface area contributed by atoms with Gasteiger partial charge in [0, 0.05) is 6.04 Å². The van der Waals surface area contributed by atoms with E-state index in [2.05, 4.69) is 36.1 Å². The molecule has 0 spiro atoms. The number of rotatable bonds is 10. The number of amides is 2. The van der Waals surface area contributed by atoms with Crippen LogP contribution < -0.4 is 26.4 Å². The molecule has 0 aromatic carbocycles. The van der Waals surface area contributed by atoms with Crippen LogP contribution in [0.25, 0.3) is 5.69 Å². The summed E-state index contributed by atoms with van der Waals surface area (Å²) >= 11 is 0. The molecule has 0 aliphatic heterocycles. The van der Waals surface area contributed by atoms with Gasteiger partial charge in [-0.2, -0.15) is 10.2 Å². The first-order chi connectivity index (χ1) is 17.3. The quantitative estimate of drug-likeness (QED) is 0.277. The number of hydrogen-bond donors (Lipinski definition) is 5. The summed E-state index contributed by atoms with van der Waals surface area (Å²) in [4.78, 5) is 33.1. The molecule has 6 N–H and O–H groups in total. The Hall–Kier alpha value is -4.49. The van der Waals surface area contributed by atoms with Crippen molar-refractivity contribution in [3.8, 4) is 11.6 Å². The molecule has 2 amide bonds. The highest BCUT2D eigenvalue weighted by Crippen LogP contribution is 2.34. The van der Waals surface area contributed by atoms with E-state index in [9.17, 15) is 9.59 Å². The zero-order chi connectivity index (χ0) is 25.8. The van der Waals surface area contributed by atoms with Crippen LogP contribution in [0.1, 0.15) is 36.5 Å². The summed E-state index contributed by atoms with van der Waals surface area (Å²) in [5.41, 5.74) is 6.10. The third kappa shape index (κ3) is 5.26. The van der Waals surface area contributed by atoms with Crippen LogP contribution in [0.15, 0.2) is 30.7 Å². The number of ether oxygens (including phenoxy) is 1. The normalized spacial score (nSPS) is 14.9. The Morgan fingerprint density at radius 1 is 1.25 bits per heavy atom. The summed E-state index contributed by atoms with van der Waals surface area (Å²) in [6, 6.07) is 1.67. The van der Waals surface area contributed by atoms with Crippen molar-refractivity contribution in [1.29, 1.82) is 0 Å². The summed E-state index contributed by atoms with van der Waals surface area (Å²) in [6.45, 7) is 1.70. The van der Waals surface area contributed by atoms with Crippen molar-refractivity contribution < 1.29 is 23.8 Å². The fraction of sp³-hybridized carbons (Fsp3) is 0.364. The van der Waals surface area contributed by atoms with Crippen LogP contribution in [-0.2, 0) is 0 Å². The number of pyridine rings is 2. The number of carbonyl (C=O) groups is 2. The van der Waals surface area contributed by atoms with Gasteiger partial charge in [0.1, 0.15) is 11.5 Å². The fourth-order valence-corrected chi connectivity index (χ4v) is 4.05. The molecule has 1 aliphatic rings. The molecule has 2 atom stereocenters. The lowest BCUT2D eigenvalue weighted by molar-refractivity contribution is 0.1000. The van der Waals surface area contributed by atoms with Crippen molar-refractivity contribution >= 4 is 29.3 Å². The maximum Gasteiger partial charge on any atom is 0.404 e. The smallest absolute Gasteiger partial charge is 0.404 e. The van der Waals surface area contributed by atoms with Crippen LogP contribution in [0.4, 0.5) is 26.5 Å². The molecule has 0 saturated heterocycles. The number of halogens is 1. The fourth-order valence-electron chi connectivity index (χ4n) is 4.05. The van der Waals surface area contributed by atoms with Gasteiger partial charge in [0.2, 0.25) is 5.88 Å². The third-order valence-corrected chi connectivity index (χ3v) is 6.01. The molecule has 190 valence electrons. The van der Waals surface area contributed by atoms with Crippen molar-refractivity contribution in [2.45, 2.75) is 38.3 Å². The van der Waals surface area contributed by atoms with Gasteiger partial charge in [-0.25, -0.2) is 19.2 Å². The lowest BCUT2D eigenvalue weighted by atomic mass is 9.77. The van der Waals surface area contributed by atoms with Crippen LogP contribution in [0.5, 0.6) is 5.88 Å². The van der Waals surface area contributed by atoms with Gasteiger partial charge >= 0.3 is 6.09 Å². The van der Waals surface area contributed by atoms with Crippen LogP contribution in [-0.4, -0.2) is 61.3 Å². The Morgan fingerprint density at radius 3 is 2.56 bits per heavy atom. The second-order valence-corrected chi connectivity index (χ2v) is 8.37. The molecule has 0 radical (unpaired) electrons. The largest absolute Gasteiger partial charge is 0.479 e. The molecule has 13 nitrogen and oxygen atoms in total. The summed E-state index contributed by atoms with van der Waals surface area (Å²) in [6.07, 6.45) is 5.98. The highest BCUT2D eigenvalue weighted by molar-refractivity contribution is 5.98. The zero-order valence-electron chi connectivity index (χ0n) is 19.6. The van der Waals surface area contributed by atoms with E-state index in [4.69, 9.17) is 15.6 Å². The molecule has 3 aromatic rings. The number of anilines is 3. The van der Waals surface area contributed by atoms with Gasteiger partial charge < -0.3 is 31.5 Å². The van der Waals surface area contributed by atoms with Crippen LogP contribution >= 0.6 is 0 Å². The molecule has 0 unspecified atom stereocenters. The van der Waals surface area contributed by atoms with Crippen LogP contribution in [0.2, 0.25) is 0 Å². The first-order valence-corrected chi connectivity index (χ1v) is 11.2. The molecule has 1 saturated carbocycles. The average molecular weight is 500 g/mol. The molecular weight excluding hydrogens is 473 g/mol. The summed E-state index contributed by atoms with van der Waals surface area (Å²) in [5, 5.41) is 25.7. The minimum Gasteiger partial charge on any atom is -0.479 e. The molecule has 1 fully saturated rings. The summed E-state index contributed by atoms with van der Waals surface area (Å²) < 4.78 is 20.3. The molecule has 0 bridgehead atoms. The Bertz CT molecular complexity index is 1250. The Kier molecular flexibility index (Phi) is 7.12. The summed E-state index contributed by atoms with van der Waals surface area (Å²) in [5.74, 6) is -1.45. The molecule has 3 aromatic heterocycles. The molecule has 1 aliphatic carbocycles. The van der Waals surface area contributed by atoms with Gasteiger partial charge in [0.15, 0.2) is 11.6 Å². The molecule has 14 heteroatoms. The zero-order valence-corrected chi connectivity index (χ0v) is 19.6. The van der Waals surface area contributed by atoms with Gasteiger partial charge in [0.05, 0.1) is 43.0 Å². The van der Waals surface area contributed by atoms with E-state index in [0.29, 0.717) is 11.4 Å². The number of nitrogens with zero attached hydrogens (tertiary/aromatic N) is 5. The van der Waals surface area contributed by atoms with Crippen LogP contribution in [0.3, 0.4) is 0 Å². The number of methoxy groups -OCH3 is 1. The lowest BCUT2D eigenvalue weighted by Crippen LogP contribution is -2.50. The number of nitrogens with one attached hydrogen (secondary N) is 3. The van der Waals surface area contributed by atoms with Crippen LogP contribution in [0, 0.1) is 11.7 Å². The van der Waals surface area contributed by atoms with E-state index < -0.39 is 29.9 Å². The second kappa shape index (κ2) is 10.4. The van der Waals surface area contributed by atoms with E-state index in [1.54, 1.807) is 13.0 Å². The van der Waals surface area contributed by atoms with Crippen molar-refractivity contribution in [3.05, 3.63) is 42.1 Å². The van der Waals surface area contributed by atoms with E-state index in [0.717, 1.165) is 25.3 Å². The van der Waals surface area contributed by atoms with Gasteiger partial charge in [-0.3, -0.25) is 4.79 Å². The highest BCUT2D eigenvalue weighted by atomic mass is 19.1. The Morgan fingerprint density at radius 2 is 1.97 bits per heavy atom. The Balaban J connectivity index is 1.68. The lowest BCUT2D eigenvalue weighted by Gasteiger charge is -2.38. The SMILES string of the molecule is COc1ncc(Nc2nc(N[C@@H](C3CCC3)[C@H](C)NC(=O)O)c(F)cc2C(N)=O)cc1-n1nccn1. The highest BCUT2D eigenvalue weighted by Gasteiger charge is 2.33. The minimum absolute atomic E-state index is 0.0102. The first kappa shape index (κ1) is 24.6. The van der Waals surface area contributed by atoms with Crippen molar-refractivity contribution in [1.82, 2.24) is 30.3 Å². The second-order valence-electron chi connectivity index (χ2n) is 8.37. The van der Waals surface area contributed by atoms with Gasteiger partial charge in [-0.15, -0.1) is 4.80 Å². The maximum absolute atomic E-state index is 15.0. The number of carbonyl (C=O) groups excluding carboxylic acids is 1. The number of primary amides is 1. The first-order valence-electron chi connectivity index (χ1n) is 11.2. The predicted molar refractivity (Wildman–Crippen MR) is 127 cm³/mol. The van der Waals surface area contributed by atoms with Gasteiger partial charge in [0.25, 0.3) is 5.91 Å². The van der Waals surface area contributed by atoms with E-state index >= 15 is 4.39 Å². The standard InChI is InChI=1S/C22H26FN9O4/c1-11(28-22(34)35)17(12-4-3-5-12)30-20-15(23)9-14(18(24)33)19(31-20)29-13-8-16(21(36-2)25-10-13)32-26-6-7-27-32/h6-12,17,28H,3-5H2,1-2H3,(H2,24,33)(H,34,35)(H2,29,30,31)/t11-,17+/m0/s1. The van der Waals surface area contributed by atoms with E-state index in [1.165, 1.54) is 30.5 Å². The van der Waals surface area contributed by atoms with Gasteiger partial charge in [-0.05, 0) is 37.8 Å². The van der Waals surface area contributed by atoms with Crippen molar-refractivity contribution in [2.24, 2.45) is 11.7 Å². The molecule has 36 heavy (non-hydrogen) atoms. The van der Waals surface area contributed by atoms with E-state index in [1.807, 2.05) is 0 Å². The maximum atomic E-state index is 15.0. The van der Waals surface area contributed by atoms with Crippen molar-refractivity contribution in [3.63, 3.8) is 0 Å². The number of aromatic nitrogens is 5. The third-order valence-electron chi connectivity index (χ3n) is 6.01. The summed E-state index contributed by atoms with van der Waals surface area (Å²) in [7, 11) is 1.45. The van der Waals surface area contributed by atoms with E-state index in [-0.39, 0.29) is 29.0 Å². The minimum atomic E-state index is -1.18. The average Bonchev–Trinajstić information content (AvgIpc) is 3.33. The monoisotopic (exact) mass is 499 g/mol. The predicted octanol–water partition coefficient (Wildman–Crippen LogP) is 2.28. The molecular formula is C22H26FN9O4. The number of carboxylic acid groups (broad SMARTS) is 1. The van der Waals surface area contributed by atoms with Gasteiger partial charge in [-0.1, -0.05) is 6.42 Å².